The Kier molecular flexibility index (Phi) is 11.3. The van der Waals surface area contributed by atoms with Crippen LogP contribution in [0.4, 0.5) is 0 Å². The highest BCUT2D eigenvalue weighted by Gasteiger charge is 2.16. The van der Waals surface area contributed by atoms with Gasteiger partial charge < -0.3 is 10.1 Å². The van der Waals surface area contributed by atoms with Crippen LogP contribution in [0.2, 0.25) is 10.0 Å². The molecule has 0 saturated carbocycles. The van der Waals surface area contributed by atoms with Crippen molar-refractivity contribution in [3.63, 3.8) is 0 Å². The fraction of sp³-hybridized carbons (Fsp3) is 0.240. The highest BCUT2D eigenvalue weighted by atomic mass is 35.5. The number of thioether (sulfide) groups is 1. The molecular weight excluding hydrogens is 519 g/mol. The second-order valence-electron chi connectivity index (χ2n) is 7.57. The molecule has 4 rings (SSSR count). The fourth-order valence-electron chi connectivity index (χ4n) is 2.94. The molecule has 1 aliphatic rings. The minimum Gasteiger partial charge on any atom is -0.489 e. The maximum Gasteiger partial charge on any atom is 0.233 e. The standard InChI is InChI=1S/C19H22Cl2N6O2S.C6H6/c1-12(18(28)23-9-10-27-25-19(22)24-26-27)30-14-7-5-13(6-8-14)29-11-15-16(20)3-2-4-17(15)21;1-2-4-6-5-3-1/h2-8,12,19,25H,9-11,22H2,1H3,(H,23,28);1-6H. The molecule has 0 bridgehead atoms. The normalized spacial score (nSPS) is 15.1. The third-order valence-corrected chi connectivity index (χ3v) is 6.63. The van der Waals surface area contributed by atoms with Crippen molar-refractivity contribution < 1.29 is 9.53 Å². The predicted octanol–water partition coefficient (Wildman–Crippen LogP) is 5.29. The number of hydrazine groups is 1. The number of carbonyl (C=O) groups excluding carboxylic acids is 1. The average Bonchev–Trinajstić information content (AvgIpc) is 3.31. The van der Waals surface area contributed by atoms with Crippen LogP contribution >= 0.6 is 35.0 Å². The highest BCUT2D eigenvalue weighted by molar-refractivity contribution is 8.00. The number of carbonyl (C=O) groups is 1. The van der Waals surface area contributed by atoms with Crippen LogP contribution < -0.4 is 21.2 Å². The Morgan fingerprint density at radius 1 is 1.08 bits per heavy atom. The van der Waals surface area contributed by atoms with E-state index in [2.05, 4.69) is 21.1 Å². The first-order valence-electron chi connectivity index (χ1n) is 11.2. The van der Waals surface area contributed by atoms with Crippen LogP contribution in [-0.4, -0.2) is 35.7 Å². The number of ether oxygens (including phenoxy) is 1. The molecule has 2 unspecified atom stereocenters. The minimum absolute atomic E-state index is 0.0610. The van der Waals surface area contributed by atoms with Crippen LogP contribution in [0.1, 0.15) is 12.5 Å². The molecule has 8 nitrogen and oxygen atoms in total. The van der Waals surface area contributed by atoms with Crippen molar-refractivity contribution in [3.8, 4) is 5.75 Å². The number of rotatable bonds is 9. The number of benzene rings is 3. The lowest BCUT2D eigenvalue weighted by molar-refractivity contribution is -0.120. The topological polar surface area (TPSA) is 104 Å². The molecule has 1 aliphatic heterocycles. The van der Waals surface area contributed by atoms with E-state index in [0.717, 1.165) is 10.5 Å². The van der Waals surface area contributed by atoms with Gasteiger partial charge in [0.15, 0.2) is 6.29 Å². The van der Waals surface area contributed by atoms with Crippen molar-refractivity contribution in [1.29, 1.82) is 0 Å². The van der Waals surface area contributed by atoms with Crippen LogP contribution in [0.3, 0.4) is 0 Å². The van der Waals surface area contributed by atoms with Crippen molar-refractivity contribution in [3.05, 3.63) is 94.5 Å². The van der Waals surface area contributed by atoms with Gasteiger partial charge in [-0.25, -0.2) is 5.12 Å². The summed E-state index contributed by atoms with van der Waals surface area (Å²) in [6, 6.07) is 24.9. The van der Waals surface area contributed by atoms with Crippen LogP contribution in [-0.2, 0) is 11.4 Å². The second kappa shape index (κ2) is 14.7. The maximum atomic E-state index is 12.3. The lowest BCUT2D eigenvalue weighted by Crippen LogP contribution is -2.44. The predicted molar refractivity (Wildman–Crippen MR) is 145 cm³/mol. The van der Waals surface area contributed by atoms with Crippen LogP contribution in [0.25, 0.3) is 0 Å². The Balaban J connectivity index is 0.000000526. The lowest BCUT2D eigenvalue weighted by atomic mass is 10.2. The summed E-state index contributed by atoms with van der Waals surface area (Å²) in [7, 11) is 0. The SMILES string of the molecule is CC(Sc1ccc(OCc2c(Cl)cccc2Cl)cc1)C(=O)NCCN1N=NC(N)N1.c1ccccc1. The molecule has 2 atom stereocenters. The number of hydrogen-bond donors (Lipinski definition) is 3. The number of nitrogens with zero attached hydrogens (tertiary/aromatic N) is 3. The van der Waals surface area contributed by atoms with Gasteiger partial charge in [-0.2, -0.15) is 5.43 Å². The molecule has 0 fully saturated rings. The van der Waals surface area contributed by atoms with E-state index in [0.29, 0.717) is 28.9 Å². The average molecular weight is 548 g/mol. The Labute approximate surface area is 225 Å². The quantitative estimate of drug-likeness (QED) is 0.315. The Morgan fingerprint density at radius 2 is 1.69 bits per heavy atom. The molecule has 190 valence electrons. The summed E-state index contributed by atoms with van der Waals surface area (Å²) in [5.41, 5.74) is 9.11. The number of nitrogens with one attached hydrogen (secondary N) is 2. The summed E-state index contributed by atoms with van der Waals surface area (Å²) in [5, 5.41) is 12.8. The van der Waals surface area contributed by atoms with Gasteiger partial charge >= 0.3 is 0 Å². The van der Waals surface area contributed by atoms with Crippen molar-refractivity contribution in [1.82, 2.24) is 15.9 Å². The smallest absolute Gasteiger partial charge is 0.233 e. The van der Waals surface area contributed by atoms with Gasteiger partial charge in [0.2, 0.25) is 5.91 Å². The molecule has 0 saturated heterocycles. The summed E-state index contributed by atoms with van der Waals surface area (Å²) in [6.07, 6.45) is -0.524. The Morgan fingerprint density at radius 3 is 2.25 bits per heavy atom. The van der Waals surface area contributed by atoms with E-state index >= 15 is 0 Å². The van der Waals surface area contributed by atoms with E-state index in [4.69, 9.17) is 33.7 Å². The van der Waals surface area contributed by atoms with Crippen molar-refractivity contribution in [2.45, 2.75) is 30.0 Å². The van der Waals surface area contributed by atoms with E-state index in [9.17, 15) is 4.79 Å². The first-order valence-corrected chi connectivity index (χ1v) is 12.9. The molecule has 1 heterocycles. The zero-order valence-electron chi connectivity index (χ0n) is 19.7. The summed E-state index contributed by atoms with van der Waals surface area (Å²) in [6.45, 7) is 3.04. The van der Waals surface area contributed by atoms with E-state index in [-0.39, 0.29) is 17.8 Å². The molecular formula is C25H28Cl2N6O2S. The second-order valence-corrected chi connectivity index (χ2v) is 9.80. The van der Waals surface area contributed by atoms with Crippen LogP contribution in [0, 0.1) is 0 Å². The molecule has 4 N–H and O–H groups in total. The summed E-state index contributed by atoms with van der Waals surface area (Å²) in [5.74, 6) is 0.632. The van der Waals surface area contributed by atoms with Gasteiger partial charge in [0.25, 0.3) is 0 Å². The number of halogens is 2. The summed E-state index contributed by atoms with van der Waals surface area (Å²) in [4.78, 5) is 13.2. The van der Waals surface area contributed by atoms with Gasteiger partial charge in [0, 0.05) is 27.0 Å². The summed E-state index contributed by atoms with van der Waals surface area (Å²) >= 11 is 13.8. The number of amides is 1. The molecule has 3 aromatic rings. The van der Waals surface area contributed by atoms with Gasteiger partial charge in [-0.3, -0.25) is 10.5 Å². The highest BCUT2D eigenvalue weighted by Crippen LogP contribution is 2.28. The molecule has 0 spiro atoms. The number of nitrogens with two attached hydrogens (primary N) is 1. The van der Waals surface area contributed by atoms with Crippen molar-refractivity contribution in [2.75, 3.05) is 13.1 Å². The monoisotopic (exact) mass is 546 g/mol. The third kappa shape index (κ3) is 9.33. The fourth-order valence-corrected chi connectivity index (χ4v) is 4.34. The minimum atomic E-state index is -0.524. The van der Waals surface area contributed by atoms with Crippen molar-refractivity contribution >= 4 is 40.9 Å². The van der Waals surface area contributed by atoms with E-state index in [1.54, 1.807) is 18.2 Å². The molecule has 0 aromatic heterocycles. The number of hydrogen-bond acceptors (Lipinski definition) is 8. The molecule has 1 amide bonds. The Hall–Kier alpha value is -2.82. The maximum absolute atomic E-state index is 12.3. The first-order chi connectivity index (χ1) is 17.4. The lowest BCUT2D eigenvalue weighted by Gasteiger charge is -2.16. The van der Waals surface area contributed by atoms with Crippen LogP contribution in [0.15, 0.2) is 94.1 Å². The van der Waals surface area contributed by atoms with Gasteiger partial charge in [-0.05, 0) is 43.3 Å². The molecule has 36 heavy (non-hydrogen) atoms. The van der Waals surface area contributed by atoms with Gasteiger partial charge in [-0.15, -0.1) is 16.9 Å². The Bertz CT molecular complexity index is 1070. The third-order valence-electron chi connectivity index (χ3n) is 4.81. The molecule has 11 heteroatoms. The van der Waals surface area contributed by atoms with Gasteiger partial charge in [-0.1, -0.05) is 70.9 Å². The van der Waals surface area contributed by atoms with E-state index < -0.39 is 6.29 Å². The van der Waals surface area contributed by atoms with Crippen LogP contribution in [0.5, 0.6) is 5.75 Å². The van der Waals surface area contributed by atoms with Crippen molar-refractivity contribution in [2.24, 2.45) is 16.1 Å². The molecule has 0 radical (unpaired) electrons. The van der Waals surface area contributed by atoms with Gasteiger partial charge in [0.1, 0.15) is 12.4 Å². The first kappa shape index (κ1) is 27.8. The van der Waals surface area contributed by atoms with E-state index in [1.807, 2.05) is 67.6 Å². The molecule has 0 aliphatic carbocycles. The van der Waals surface area contributed by atoms with E-state index in [1.165, 1.54) is 16.9 Å². The molecule has 3 aromatic carbocycles. The summed E-state index contributed by atoms with van der Waals surface area (Å²) < 4.78 is 5.78. The zero-order chi connectivity index (χ0) is 25.8. The largest absolute Gasteiger partial charge is 0.489 e. The van der Waals surface area contributed by atoms with Gasteiger partial charge in [0.05, 0.1) is 11.8 Å². The zero-order valence-corrected chi connectivity index (χ0v) is 22.0.